The van der Waals surface area contributed by atoms with E-state index in [1.807, 2.05) is 18.2 Å². The highest BCUT2D eigenvalue weighted by Gasteiger charge is 2.36. The molecule has 3 unspecified atom stereocenters. The monoisotopic (exact) mass is 292 g/mol. The molecule has 1 fully saturated rings. The normalized spacial score (nSPS) is 26.5. The van der Waals surface area contributed by atoms with Crippen molar-refractivity contribution in [2.45, 2.75) is 38.5 Å². The van der Waals surface area contributed by atoms with E-state index in [2.05, 4.69) is 43.1 Å². The van der Waals surface area contributed by atoms with Crippen LogP contribution in [0.1, 0.15) is 26.3 Å². The topological polar surface area (TPSA) is 44.7 Å². The standard InChI is InChI=1S/C17H28N2O2/c1-4-18-17(13-20,16-8-6-5-7-9-16)12-19-10-15(3)21-11-14(19)2/h5-9,14-15,18,20H,4,10-13H2,1-3H3. The van der Waals surface area contributed by atoms with Gasteiger partial charge in [0.05, 0.1) is 24.9 Å². The Morgan fingerprint density at radius 2 is 2.05 bits per heavy atom. The molecule has 1 aliphatic rings. The highest BCUT2D eigenvalue weighted by Crippen LogP contribution is 2.25. The van der Waals surface area contributed by atoms with Crippen molar-refractivity contribution in [3.05, 3.63) is 35.9 Å². The van der Waals surface area contributed by atoms with Gasteiger partial charge in [0.25, 0.3) is 0 Å². The minimum absolute atomic E-state index is 0.0866. The summed E-state index contributed by atoms with van der Waals surface area (Å²) in [7, 11) is 0. The van der Waals surface area contributed by atoms with Crippen LogP contribution in [0.25, 0.3) is 0 Å². The first kappa shape index (κ1) is 16.4. The van der Waals surface area contributed by atoms with Gasteiger partial charge in [0.1, 0.15) is 0 Å². The summed E-state index contributed by atoms with van der Waals surface area (Å²) < 4.78 is 5.71. The van der Waals surface area contributed by atoms with Crippen molar-refractivity contribution in [3.63, 3.8) is 0 Å². The molecule has 0 aromatic heterocycles. The van der Waals surface area contributed by atoms with E-state index in [0.29, 0.717) is 6.04 Å². The lowest BCUT2D eigenvalue weighted by atomic mass is 9.89. The maximum absolute atomic E-state index is 10.1. The van der Waals surface area contributed by atoms with Crippen LogP contribution in [-0.4, -0.2) is 55.0 Å². The summed E-state index contributed by atoms with van der Waals surface area (Å²) in [6, 6.07) is 10.6. The number of hydrogen-bond acceptors (Lipinski definition) is 4. The Kier molecular flexibility index (Phi) is 5.76. The lowest BCUT2D eigenvalue weighted by Crippen LogP contribution is -2.58. The molecule has 2 rings (SSSR count). The van der Waals surface area contributed by atoms with Gasteiger partial charge in [0.15, 0.2) is 0 Å². The van der Waals surface area contributed by atoms with Crippen LogP contribution in [0, 0.1) is 0 Å². The van der Waals surface area contributed by atoms with Gasteiger partial charge >= 0.3 is 0 Å². The van der Waals surface area contributed by atoms with Crippen LogP contribution >= 0.6 is 0 Å². The maximum Gasteiger partial charge on any atom is 0.0797 e. The van der Waals surface area contributed by atoms with Gasteiger partial charge in [-0.05, 0) is 26.0 Å². The Morgan fingerprint density at radius 1 is 1.33 bits per heavy atom. The second-order valence-corrected chi connectivity index (χ2v) is 6.06. The van der Waals surface area contributed by atoms with Crippen molar-refractivity contribution in [2.24, 2.45) is 0 Å². The van der Waals surface area contributed by atoms with Gasteiger partial charge in [0, 0.05) is 19.1 Å². The fraction of sp³-hybridized carbons (Fsp3) is 0.647. The van der Waals surface area contributed by atoms with Gasteiger partial charge in [-0.2, -0.15) is 0 Å². The molecular formula is C17H28N2O2. The largest absolute Gasteiger partial charge is 0.394 e. The molecule has 4 nitrogen and oxygen atoms in total. The summed E-state index contributed by atoms with van der Waals surface area (Å²) in [6.07, 6.45) is 0.245. The molecule has 118 valence electrons. The van der Waals surface area contributed by atoms with Crippen LogP contribution in [0.15, 0.2) is 30.3 Å². The van der Waals surface area contributed by atoms with E-state index in [1.165, 1.54) is 0 Å². The van der Waals surface area contributed by atoms with Crippen LogP contribution in [-0.2, 0) is 10.3 Å². The first-order valence-corrected chi connectivity index (χ1v) is 7.88. The first-order valence-electron chi connectivity index (χ1n) is 7.88. The average Bonchev–Trinajstić information content (AvgIpc) is 2.51. The summed E-state index contributed by atoms with van der Waals surface area (Å²) in [5.74, 6) is 0. The van der Waals surface area contributed by atoms with Crippen molar-refractivity contribution in [3.8, 4) is 0 Å². The van der Waals surface area contributed by atoms with Crippen LogP contribution in [0.2, 0.25) is 0 Å². The third-order valence-electron chi connectivity index (χ3n) is 4.32. The molecule has 2 N–H and O–H groups in total. The van der Waals surface area contributed by atoms with E-state index in [9.17, 15) is 5.11 Å². The minimum atomic E-state index is -0.415. The van der Waals surface area contributed by atoms with E-state index < -0.39 is 5.54 Å². The molecule has 0 radical (unpaired) electrons. The zero-order valence-electron chi connectivity index (χ0n) is 13.4. The number of nitrogens with zero attached hydrogens (tertiary/aromatic N) is 1. The van der Waals surface area contributed by atoms with Crippen LogP contribution in [0.5, 0.6) is 0 Å². The molecule has 0 aliphatic carbocycles. The second-order valence-electron chi connectivity index (χ2n) is 6.06. The number of ether oxygens (including phenoxy) is 1. The van der Waals surface area contributed by atoms with Crippen LogP contribution in [0.4, 0.5) is 0 Å². The third kappa shape index (κ3) is 3.83. The molecular weight excluding hydrogens is 264 g/mol. The maximum atomic E-state index is 10.1. The highest BCUT2D eigenvalue weighted by molar-refractivity contribution is 5.25. The molecule has 21 heavy (non-hydrogen) atoms. The van der Waals surface area contributed by atoms with Gasteiger partial charge in [-0.25, -0.2) is 0 Å². The molecule has 0 amide bonds. The van der Waals surface area contributed by atoms with E-state index in [-0.39, 0.29) is 12.7 Å². The minimum Gasteiger partial charge on any atom is -0.394 e. The van der Waals surface area contributed by atoms with Crippen molar-refractivity contribution in [2.75, 3.05) is 32.8 Å². The fourth-order valence-electron chi connectivity index (χ4n) is 3.08. The van der Waals surface area contributed by atoms with Crippen molar-refractivity contribution in [1.29, 1.82) is 0 Å². The molecule has 0 spiro atoms. The summed E-state index contributed by atoms with van der Waals surface area (Å²) in [6.45, 7) is 9.73. The van der Waals surface area contributed by atoms with Gasteiger partial charge in [0.2, 0.25) is 0 Å². The highest BCUT2D eigenvalue weighted by atomic mass is 16.5. The Labute approximate surface area is 128 Å². The Bertz CT molecular complexity index is 426. The second kappa shape index (κ2) is 7.36. The number of likely N-dealkylation sites (N-methyl/N-ethyl adjacent to an activating group) is 1. The summed E-state index contributed by atoms with van der Waals surface area (Å²) in [4.78, 5) is 2.42. The number of morpholine rings is 1. The van der Waals surface area contributed by atoms with Crippen molar-refractivity contribution >= 4 is 0 Å². The summed E-state index contributed by atoms with van der Waals surface area (Å²) in [5, 5.41) is 13.6. The molecule has 4 heteroatoms. The summed E-state index contributed by atoms with van der Waals surface area (Å²) >= 11 is 0. The zero-order chi connectivity index (χ0) is 15.3. The first-order chi connectivity index (χ1) is 10.1. The lowest BCUT2D eigenvalue weighted by molar-refractivity contribution is -0.0625. The zero-order valence-corrected chi connectivity index (χ0v) is 13.4. The smallest absolute Gasteiger partial charge is 0.0797 e. The SMILES string of the molecule is CCNC(CO)(CN1CC(C)OCC1C)c1ccccc1. The number of aliphatic hydroxyl groups is 1. The quantitative estimate of drug-likeness (QED) is 0.836. The van der Waals surface area contributed by atoms with Gasteiger partial charge in [-0.15, -0.1) is 0 Å². The number of rotatable bonds is 6. The predicted molar refractivity (Wildman–Crippen MR) is 85.3 cm³/mol. The van der Waals surface area contributed by atoms with Gasteiger partial charge in [-0.1, -0.05) is 37.3 Å². The Morgan fingerprint density at radius 3 is 2.67 bits per heavy atom. The molecule has 1 aromatic rings. The Balaban J connectivity index is 2.23. The van der Waals surface area contributed by atoms with E-state index >= 15 is 0 Å². The molecule has 0 bridgehead atoms. The molecule has 0 saturated carbocycles. The summed E-state index contributed by atoms with van der Waals surface area (Å²) in [5.41, 5.74) is 0.724. The molecule has 1 aromatic carbocycles. The van der Waals surface area contributed by atoms with E-state index in [1.54, 1.807) is 0 Å². The van der Waals surface area contributed by atoms with Crippen molar-refractivity contribution in [1.82, 2.24) is 10.2 Å². The van der Waals surface area contributed by atoms with Crippen LogP contribution < -0.4 is 5.32 Å². The van der Waals surface area contributed by atoms with Gasteiger partial charge < -0.3 is 15.2 Å². The van der Waals surface area contributed by atoms with Crippen LogP contribution in [0.3, 0.4) is 0 Å². The number of aliphatic hydroxyl groups excluding tert-OH is 1. The van der Waals surface area contributed by atoms with Crippen molar-refractivity contribution < 1.29 is 9.84 Å². The molecule has 1 saturated heterocycles. The van der Waals surface area contributed by atoms with Gasteiger partial charge in [-0.3, -0.25) is 4.90 Å². The van der Waals surface area contributed by atoms with E-state index in [0.717, 1.165) is 31.8 Å². The third-order valence-corrected chi connectivity index (χ3v) is 4.32. The molecule has 3 atom stereocenters. The number of hydrogen-bond donors (Lipinski definition) is 2. The lowest BCUT2D eigenvalue weighted by Gasteiger charge is -2.44. The Hall–Kier alpha value is -0.940. The average molecular weight is 292 g/mol. The number of nitrogens with one attached hydrogen (secondary N) is 1. The molecule has 1 heterocycles. The predicted octanol–water partition coefficient (Wildman–Crippen LogP) is 1.59. The van der Waals surface area contributed by atoms with E-state index in [4.69, 9.17) is 4.74 Å². The molecule has 1 aliphatic heterocycles. The fourth-order valence-corrected chi connectivity index (χ4v) is 3.08. The number of benzene rings is 1.